The van der Waals surface area contributed by atoms with Crippen LogP contribution in [0.25, 0.3) is 11.0 Å². The Morgan fingerprint density at radius 1 is 1.33 bits per heavy atom. The summed E-state index contributed by atoms with van der Waals surface area (Å²) in [7, 11) is 1.60. The van der Waals surface area contributed by atoms with Gasteiger partial charge in [0.05, 0.1) is 24.1 Å². The van der Waals surface area contributed by atoms with Crippen molar-refractivity contribution in [2.75, 3.05) is 12.4 Å². The van der Waals surface area contributed by atoms with Crippen LogP contribution in [0, 0.1) is 6.92 Å². The maximum absolute atomic E-state index is 12.9. The van der Waals surface area contributed by atoms with E-state index in [1.807, 2.05) is 30.3 Å². The Kier molecular flexibility index (Phi) is 3.49. The van der Waals surface area contributed by atoms with Gasteiger partial charge in [-0.2, -0.15) is 0 Å². The SMILES string of the molecule is COc1ccc2oc(C)c(C(=O)Nc3cccnc3C3CC3)c2c1. The predicted molar refractivity (Wildman–Crippen MR) is 91.7 cm³/mol. The van der Waals surface area contributed by atoms with E-state index in [0.717, 1.165) is 29.6 Å². The molecule has 1 N–H and O–H groups in total. The Bertz CT molecular complexity index is 926. The van der Waals surface area contributed by atoms with Crippen LogP contribution in [-0.4, -0.2) is 18.0 Å². The molecule has 1 aliphatic rings. The van der Waals surface area contributed by atoms with Crippen molar-refractivity contribution in [2.45, 2.75) is 25.7 Å². The van der Waals surface area contributed by atoms with Crippen LogP contribution >= 0.6 is 0 Å². The smallest absolute Gasteiger partial charge is 0.259 e. The molecule has 1 aliphatic carbocycles. The van der Waals surface area contributed by atoms with Gasteiger partial charge >= 0.3 is 0 Å². The maximum Gasteiger partial charge on any atom is 0.259 e. The van der Waals surface area contributed by atoms with E-state index in [-0.39, 0.29) is 5.91 Å². The lowest BCUT2D eigenvalue weighted by molar-refractivity contribution is 0.102. The summed E-state index contributed by atoms with van der Waals surface area (Å²) in [6.07, 6.45) is 4.03. The van der Waals surface area contributed by atoms with E-state index in [0.29, 0.717) is 28.6 Å². The molecular formula is C19H18N2O3. The molecule has 2 aromatic heterocycles. The van der Waals surface area contributed by atoms with Crippen molar-refractivity contribution in [3.8, 4) is 5.75 Å². The lowest BCUT2D eigenvalue weighted by atomic mass is 10.1. The van der Waals surface area contributed by atoms with Gasteiger partial charge in [-0.25, -0.2) is 0 Å². The van der Waals surface area contributed by atoms with Crippen LogP contribution in [0.15, 0.2) is 40.9 Å². The van der Waals surface area contributed by atoms with Crippen LogP contribution in [0.2, 0.25) is 0 Å². The second-order valence-electron chi connectivity index (χ2n) is 6.06. The summed E-state index contributed by atoms with van der Waals surface area (Å²) >= 11 is 0. The molecular weight excluding hydrogens is 304 g/mol. The molecule has 0 spiro atoms. The number of amides is 1. The Labute approximate surface area is 139 Å². The highest BCUT2D eigenvalue weighted by Gasteiger charge is 2.28. The second-order valence-corrected chi connectivity index (χ2v) is 6.06. The fourth-order valence-electron chi connectivity index (χ4n) is 3.00. The van der Waals surface area contributed by atoms with Crippen molar-refractivity contribution in [2.24, 2.45) is 0 Å². The number of hydrogen-bond donors (Lipinski definition) is 1. The minimum Gasteiger partial charge on any atom is -0.497 e. The van der Waals surface area contributed by atoms with Gasteiger partial charge in [0.15, 0.2) is 0 Å². The number of furan rings is 1. The first-order chi connectivity index (χ1) is 11.7. The van der Waals surface area contributed by atoms with Crippen molar-refractivity contribution in [1.82, 2.24) is 4.98 Å². The van der Waals surface area contributed by atoms with Gasteiger partial charge in [-0.15, -0.1) is 0 Å². The number of pyridine rings is 1. The molecule has 4 rings (SSSR count). The molecule has 1 aromatic carbocycles. The summed E-state index contributed by atoms with van der Waals surface area (Å²) in [6, 6.07) is 9.20. The highest BCUT2D eigenvalue weighted by atomic mass is 16.5. The number of aromatic nitrogens is 1. The quantitative estimate of drug-likeness (QED) is 0.779. The standard InChI is InChI=1S/C19H18N2O3/c1-11-17(14-10-13(23-2)7-8-16(14)24-11)19(22)21-15-4-3-9-20-18(15)12-5-6-12/h3-4,7-10,12H,5-6H2,1-2H3,(H,21,22). The fraction of sp³-hybridized carbons (Fsp3) is 0.263. The highest BCUT2D eigenvalue weighted by Crippen LogP contribution is 2.42. The second kappa shape index (κ2) is 5.67. The predicted octanol–water partition coefficient (Wildman–Crippen LogP) is 4.27. The van der Waals surface area contributed by atoms with E-state index in [1.54, 1.807) is 20.2 Å². The Morgan fingerprint density at radius 3 is 2.92 bits per heavy atom. The average molecular weight is 322 g/mol. The summed E-state index contributed by atoms with van der Waals surface area (Å²) in [5.41, 5.74) is 2.96. The van der Waals surface area contributed by atoms with E-state index >= 15 is 0 Å². The third-order valence-electron chi connectivity index (χ3n) is 4.35. The zero-order chi connectivity index (χ0) is 16.7. The Morgan fingerprint density at radius 2 is 2.17 bits per heavy atom. The molecule has 0 saturated heterocycles. The first-order valence-electron chi connectivity index (χ1n) is 8.01. The van der Waals surface area contributed by atoms with Crippen molar-refractivity contribution in [1.29, 1.82) is 0 Å². The molecule has 3 aromatic rings. The van der Waals surface area contributed by atoms with Gasteiger partial charge in [0, 0.05) is 17.5 Å². The van der Waals surface area contributed by atoms with Gasteiger partial charge in [-0.1, -0.05) is 0 Å². The lowest BCUT2D eigenvalue weighted by Gasteiger charge is -2.09. The number of carbonyl (C=O) groups is 1. The number of benzene rings is 1. The molecule has 122 valence electrons. The van der Waals surface area contributed by atoms with Crippen molar-refractivity contribution in [3.05, 3.63) is 53.5 Å². The number of methoxy groups -OCH3 is 1. The van der Waals surface area contributed by atoms with Crippen molar-refractivity contribution < 1.29 is 13.9 Å². The zero-order valence-electron chi connectivity index (χ0n) is 13.6. The van der Waals surface area contributed by atoms with Crippen LogP contribution in [0.5, 0.6) is 5.75 Å². The maximum atomic E-state index is 12.9. The third kappa shape index (κ3) is 2.52. The first-order valence-corrected chi connectivity index (χ1v) is 8.01. The van der Waals surface area contributed by atoms with Crippen molar-refractivity contribution in [3.63, 3.8) is 0 Å². The average Bonchev–Trinajstić information content (AvgIpc) is 3.37. The number of fused-ring (bicyclic) bond motifs is 1. The molecule has 1 amide bonds. The number of hydrogen-bond acceptors (Lipinski definition) is 4. The summed E-state index contributed by atoms with van der Waals surface area (Å²) in [4.78, 5) is 17.3. The van der Waals surface area contributed by atoms with E-state index in [4.69, 9.17) is 9.15 Å². The minimum absolute atomic E-state index is 0.186. The Hall–Kier alpha value is -2.82. The molecule has 0 radical (unpaired) electrons. The van der Waals surface area contributed by atoms with E-state index in [9.17, 15) is 4.79 Å². The molecule has 24 heavy (non-hydrogen) atoms. The number of rotatable bonds is 4. The largest absolute Gasteiger partial charge is 0.497 e. The van der Waals surface area contributed by atoms with Gasteiger partial charge in [-0.05, 0) is 50.1 Å². The molecule has 0 atom stereocenters. The van der Waals surface area contributed by atoms with Gasteiger partial charge in [0.25, 0.3) is 5.91 Å². The van der Waals surface area contributed by atoms with Gasteiger partial charge in [0.1, 0.15) is 17.1 Å². The summed E-state index contributed by atoms with van der Waals surface area (Å²) in [5.74, 6) is 1.56. The minimum atomic E-state index is -0.186. The van der Waals surface area contributed by atoms with E-state index < -0.39 is 0 Å². The topological polar surface area (TPSA) is 64.4 Å². The molecule has 5 nitrogen and oxygen atoms in total. The summed E-state index contributed by atoms with van der Waals surface area (Å²) in [6.45, 7) is 1.80. The van der Waals surface area contributed by atoms with Crippen LogP contribution in [0.3, 0.4) is 0 Å². The van der Waals surface area contributed by atoms with Crippen LogP contribution < -0.4 is 10.1 Å². The summed E-state index contributed by atoms with van der Waals surface area (Å²) < 4.78 is 11.0. The lowest BCUT2D eigenvalue weighted by Crippen LogP contribution is -2.14. The van der Waals surface area contributed by atoms with Crippen LogP contribution in [0.1, 0.15) is 40.6 Å². The number of anilines is 1. The molecule has 0 unspecified atom stereocenters. The molecule has 0 bridgehead atoms. The van der Waals surface area contributed by atoms with E-state index in [1.165, 1.54) is 0 Å². The number of ether oxygens (including phenoxy) is 1. The molecule has 1 saturated carbocycles. The number of carbonyl (C=O) groups excluding carboxylic acids is 1. The van der Waals surface area contributed by atoms with Gasteiger partial charge < -0.3 is 14.5 Å². The van der Waals surface area contributed by atoms with E-state index in [2.05, 4.69) is 10.3 Å². The summed E-state index contributed by atoms with van der Waals surface area (Å²) in [5, 5.41) is 3.75. The fourth-order valence-corrected chi connectivity index (χ4v) is 3.00. The van der Waals surface area contributed by atoms with Crippen LogP contribution in [-0.2, 0) is 0 Å². The normalized spacial score (nSPS) is 13.9. The monoisotopic (exact) mass is 322 g/mol. The molecule has 5 heteroatoms. The van der Waals surface area contributed by atoms with Gasteiger partial charge in [-0.3, -0.25) is 9.78 Å². The van der Waals surface area contributed by atoms with Gasteiger partial charge in [0.2, 0.25) is 0 Å². The molecule has 2 heterocycles. The number of nitrogens with zero attached hydrogens (tertiary/aromatic N) is 1. The van der Waals surface area contributed by atoms with Crippen molar-refractivity contribution >= 4 is 22.6 Å². The molecule has 1 fully saturated rings. The zero-order valence-corrected chi connectivity index (χ0v) is 13.6. The third-order valence-corrected chi connectivity index (χ3v) is 4.35. The molecule has 0 aliphatic heterocycles. The van der Waals surface area contributed by atoms with Crippen LogP contribution in [0.4, 0.5) is 5.69 Å². The first kappa shape index (κ1) is 14.8. The highest BCUT2D eigenvalue weighted by molar-refractivity contribution is 6.13. The number of nitrogens with one attached hydrogen (secondary N) is 1. The number of aryl methyl sites for hydroxylation is 1. The Balaban J connectivity index is 1.72.